The SMILES string of the molecule is C1=C(C2=c3ccc4cccc5c4c3C(CC=5)CC2)CCC2CC(c3ccc4ccc5c6c4c3=CCC6CCC=5)=CC=C12. The first kappa shape index (κ1) is 23.6. The Morgan fingerprint density at radius 2 is 1.45 bits per heavy atom. The van der Waals surface area contributed by atoms with Gasteiger partial charge in [0, 0.05) is 0 Å². The minimum atomic E-state index is 0.638. The van der Waals surface area contributed by atoms with E-state index in [-0.39, 0.29) is 0 Å². The molecule has 0 aliphatic heterocycles. The van der Waals surface area contributed by atoms with Crippen molar-refractivity contribution in [3.8, 4) is 0 Å². The van der Waals surface area contributed by atoms with Gasteiger partial charge in [0.05, 0.1) is 0 Å². The molecular weight excluding hydrogens is 504 g/mol. The van der Waals surface area contributed by atoms with E-state index in [4.69, 9.17) is 0 Å². The Labute approximate surface area is 247 Å². The summed E-state index contributed by atoms with van der Waals surface area (Å²) in [5.74, 6) is 2.04. The Morgan fingerprint density at radius 1 is 0.595 bits per heavy atom. The summed E-state index contributed by atoms with van der Waals surface area (Å²) in [5, 5.41) is 11.9. The summed E-state index contributed by atoms with van der Waals surface area (Å²) in [4.78, 5) is 0. The average Bonchev–Trinajstić information content (AvgIpc) is 3.05. The molecule has 42 heavy (non-hydrogen) atoms. The molecule has 0 nitrogen and oxygen atoms in total. The van der Waals surface area contributed by atoms with Gasteiger partial charge in [-0.25, -0.2) is 0 Å². The normalized spacial score (nSPS) is 25.0. The third kappa shape index (κ3) is 3.30. The number of fused-ring (bicyclic) bond motifs is 1. The van der Waals surface area contributed by atoms with Crippen molar-refractivity contribution in [3.05, 3.63) is 122 Å². The molecule has 0 spiro atoms. The van der Waals surface area contributed by atoms with Gasteiger partial charge in [-0.2, -0.15) is 0 Å². The highest BCUT2D eigenvalue weighted by atomic mass is 14.3. The largest absolute Gasteiger partial charge is 0.0769 e. The Bertz CT molecular complexity index is 2230. The van der Waals surface area contributed by atoms with Crippen molar-refractivity contribution in [2.24, 2.45) is 5.92 Å². The van der Waals surface area contributed by atoms with Crippen LogP contribution in [-0.2, 0) is 0 Å². The van der Waals surface area contributed by atoms with E-state index in [0.29, 0.717) is 17.8 Å². The molecule has 6 aliphatic carbocycles. The molecule has 0 saturated carbocycles. The number of hydrogen-bond acceptors (Lipinski definition) is 0. The van der Waals surface area contributed by atoms with Gasteiger partial charge >= 0.3 is 0 Å². The van der Waals surface area contributed by atoms with Crippen LogP contribution in [0.15, 0.2) is 84.0 Å². The third-order valence-corrected chi connectivity index (χ3v) is 11.7. The summed E-state index contributed by atoms with van der Waals surface area (Å²) < 4.78 is 0. The van der Waals surface area contributed by atoms with Crippen molar-refractivity contribution in [3.63, 3.8) is 0 Å². The molecule has 4 aromatic rings. The second-order valence-corrected chi connectivity index (χ2v) is 13.7. The van der Waals surface area contributed by atoms with Crippen LogP contribution < -0.4 is 20.9 Å². The van der Waals surface area contributed by atoms with E-state index in [1.807, 2.05) is 0 Å². The maximum Gasteiger partial charge on any atom is -0.00676 e. The number of rotatable bonds is 2. The van der Waals surface area contributed by atoms with Crippen molar-refractivity contribution in [2.45, 2.75) is 69.6 Å². The molecule has 0 fully saturated rings. The lowest BCUT2D eigenvalue weighted by Gasteiger charge is -2.33. The second-order valence-electron chi connectivity index (χ2n) is 13.7. The molecule has 6 aliphatic rings. The molecule has 0 heteroatoms. The topological polar surface area (TPSA) is 0 Å². The van der Waals surface area contributed by atoms with Crippen LogP contribution in [0.25, 0.3) is 50.9 Å². The molecule has 0 radical (unpaired) electrons. The van der Waals surface area contributed by atoms with E-state index in [1.165, 1.54) is 95.2 Å². The highest BCUT2D eigenvalue weighted by Crippen LogP contribution is 2.44. The molecule has 0 saturated heterocycles. The van der Waals surface area contributed by atoms with Crippen LogP contribution in [0.2, 0.25) is 0 Å². The monoisotopic (exact) mass is 540 g/mol. The standard InChI is InChI=1S/C42H36/c1-3-25-7-9-29-15-19-35(37-21-17-27(5-1)39(25)41(29)37)33-13-11-32-24-34(14-12-31(32)23-33)36-20-16-30-10-8-26-4-2-6-28-18-22-38(36)42(30)40(26)28/h1,3-5,7-8,10,12,14,16-17,20-23,28-29,32H,2,6,9,11,13,15,18-19,24H2. The van der Waals surface area contributed by atoms with E-state index in [1.54, 1.807) is 44.0 Å². The molecule has 0 aromatic heterocycles. The number of benzene rings is 4. The van der Waals surface area contributed by atoms with Gasteiger partial charge < -0.3 is 0 Å². The molecule has 0 amide bonds. The maximum absolute atomic E-state index is 2.60. The van der Waals surface area contributed by atoms with Gasteiger partial charge in [-0.05, 0) is 157 Å². The Morgan fingerprint density at radius 3 is 2.45 bits per heavy atom. The predicted octanol–water partition coefficient (Wildman–Crippen LogP) is 7.80. The van der Waals surface area contributed by atoms with E-state index >= 15 is 0 Å². The second kappa shape index (κ2) is 8.81. The zero-order chi connectivity index (χ0) is 27.4. The van der Waals surface area contributed by atoms with Gasteiger partial charge in [0.25, 0.3) is 0 Å². The molecular formula is C42H36. The highest BCUT2D eigenvalue weighted by molar-refractivity contribution is 5.93. The molecule has 0 N–H and O–H groups in total. The van der Waals surface area contributed by atoms with Gasteiger partial charge in [-0.15, -0.1) is 0 Å². The van der Waals surface area contributed by atoms with E-state index in [0.717, 1.165) is 0 Å². The minimum Gasteiger partial charge on any atom is -0.0769 e. The number of hydrogen-bond donors (Lipinski definition) is 0. The van der Waals surface area contributed by atoms with Crippen LogP contribution in [-0.4, -0.2) is 0 Å². The van der Waals surface area contributed by atoms with E-state index in [9.17, 15) is 0 Å². The lowest BCUT2D eigenvalue weighted by atomic mass is 9.71. The first-order valence-electron chi connectivity index (χ1n) is 16.4. The Hall–Kier alpha value is -3.90. The van der Waals surface area contributed by atoms with Crippen molar-refractivity contribution in [2.75, 3.05) is 0 Å². The average molecular weight is 541 g/mol. The molecule has 204 valence electrons. The Kier molecular flexibility index (Phi) is 4.96. The van der Waals surface area contributed by atoms with Crippen LogP contribution in [0.3, 0.4) is 0 Å². The van der Waals surface area contributed by atoms with Crippen molar-refractivity contribution in [1.29, 1.82) is 0 Å². The summed E-state index contributed by atoms with van der Waals surface area (Å²) in [6.07, 6.45) is 26.2. The molecule has 0 bridgehead atoms. The van der Waals surface area contributed by atoms with E-state index < -0.39 is 0 Å². The van der Waals surface area contributed by atoms with Crippen LogP contribution in [0.5, 0.6) is 0 Å². The first-order chi connectivity index (χ1) is 20.8. The quantitative estimate of drug-likeness (QED) is 0.243. The zero-order valence-corrected chi connectivity index (χ0v) is 24.3. The lowest BCUT2D eigenvalue weighted by Crippen LogP contribution is -2.28. The summed E-state index contributed by atoms with van der Waals surface area (Å²) in [5.41, 5.74) is 11.1. The fraction of sp³-hybridized carbons (Fsp3) is 0.286. The molecule has 10 rings (SSSR count). The molecule has 4 aromatic carbocycles. The van der Waals surface area contributed by atoms with Crippen molar-refractivity contribution in [1.82, 2.24) is 0 Å². The zero-order valence-electron chi connectivity index (χ0n) is 24.3. The van der Waals surface area contributed by atoms with Gasteiger partial charge in [-0.1, -0.05) is 91.1 Å². The fourth-order valence-corrected chi connectivity index (χ4v) is 9.67. The van der Waals surface area contributed by atoms with Gasteiger partial charge in [0.2, 0.25) is 0 Å². The van der Waals surface area contributed by atoms with Crippen LogP contribution in [0, 0.1) is 5.92 Å². The maximum atomic E-state index is 2.60. The van der Waals surface area contributed by atoms with Crippen molar-refractivity contribution >= 4 is 50.9 Å². The molecule has 3 atom stereocenters. The minimum absolute atomic E-state index is 0.638. The smallest absolute Gasteiger partial charge is 0.00676 e. The third-order valence-electron chi connectivity index (χ3n) is 11.7. The van der Waals surface area contributed by atoms with Gasteiger partial charge in [0.1, 0.15) is 0 Å². The van der Waals surface area contributed by atoms with E-state index in [2.05, 4.69) is 91.1 Å². The summed E-state index contributed by atoms with van der Waals surface area (Å²) in [6.45, 7) is 0. The Balaban J connectivity index is 1.09. The van der Waals surface area contributed by atoms with Crippen LogP contribution in [0.4, 0.5) is 0 Å². The van der Waals surface area contributed by atoms with Crippen LogP contribution in [0.1, 0.15) is 86.3 Å². The highest BCUT2D eigenvalue weighted by Gasteiger charge is 2.30. The van der Waals surface area contributed by atoms with Crippen LogP contribution >= 0.6 is 0 Å². The first-order valence-corrected chi connectivity index (χ1v) is 16.4. The summed E-state index contributed by atoms with van der Waals surface area (Å²) >= 11 is 0. The fourth-order valence-electron chi connectivity index (χ4n) is 9.67. The lowest BCUT2D eigenvalue weighted by molar-refractivity contribution is 0.561. The van der Waals surface area contributed by atoms with Crippen molar-refractivity contribution < 1.29 is 0 Å². The summed E-state index contributed by atoms with van der Waals surface area (Å²) in [6, 6.07) is 21.2. The molecule has 3 unspecified atom stereocenters. The number of allylic oxidation sites excluding steroid dienone is 6. The van der Waals surface area contributed by atoms with Gasteiger partial charge in [-0.3, -0.25) is 0 Å². The predicted molar refractivity (Wildman–Crippen MR) is 178 cm³/mol. The molecule has 0 heterocycles. The summed E-state index contributed by atoms with van der Waals surface area (Å²) in [7, 11) is 0. The van der Waals surface area contributed by atoms with Gasteiger partial charge in [0.15, 0.2) is 0 Å².